The second-order valence-electron chi connectivity index (χ2n) is 3.88. The summed E-state index contributed by atoms with van der Waals surface area (Å²) in [6.45, 7) is 0. The highest BCUT2D eigenvalue weighted by molar-refractivity contribution is 9.10. The first-order valence-corrected chi connectivity index (χ1v) is 6.26. The number of nitrogen functional groups attached to an aromatic ring is 1. The minimum atomic E-state index is -0.388. The monoisotopic (exact) mass is 323 g/mol. The van der Waals surface area contributed by atoms with E-state index in [1.807, 2.05) is 0 Å². The number of hydrogen-bond acceptors (Lipinski definition) is 3. The zero-order chi connectivity index (χ0) is 14.0. The number of carbonyl (C=O) groups excluding carboxylic acids is 1. The van der Waals surface area contributed by atoms with Crippen molar-refractivity contribution in [3.05, 3.63) is 57.8 Å². The molecule has 0 saturated heterocycles. The minimum Gasteiger partial charge on any atom is -0.495 e. The smallest absolute Gasteiger partial charge is 0.195 e. The quantitative estimate of drug-likeness (QED) is 0.695. The predicted octanol–water partition coefficient (Wildman–Crippen LogP) is 3.41. The number of methoxy groups -OCH3 is 1. The van der Waals surface area contributed by atoms with Gasteiger partial charge in [-0.05, 0) is 52.3 Å². The summed E-state index contributed by atoms with van der Waals surface area (Å²) in [5.41, 5.74) is 6.93. The summed E-state index contributed by atoms with van der Waals surface area (Å²) < 4.78 is 18.5. The van der Waals surface area contributed by atoms with Crippen LogP contribution in [-0.2, 0) is 0 Å². The Hall–Kier alpha value is -1.88. The van der Waals surface area contributed by atoms with Gasteiger partial charge in [0.15, 0.2) is 5.78 Å². The van der Waals surface area contributed by atoms with Crippen LogP contribution in [-0.4, -0.2) is 12.9 Å². The van der Waals surface area contributed by atoms with Gasteiger partial charge in [0.2, 0.25) is 0 Å². The molecule has 0 unspecified atom stereocenters. The molecule has 0 spiro atoms. The van der Waals surface area contributed by atoms with Crippen LogP contribution in [0.2, 0.25) is 0 Å². The maximum Gasteiger partial charge on any atom is 0.195 e. The van der Waals surface area contributed by atoms with Crippen LogP contribution < -0.4 is 10.5 Å². The summed E-state index contributed by atoms with van der Waals surface area (Å²) in [5.74, 6) is -0.102. The van der Waals surface area contributed by atoms with Gasteiger partial charge in [-0.3, -0.25) is 4.79 Å². The van der Waals surface area contributed by atoms with Gasteiger partial charge in [0.25, 0.3) is 0 Å². The Morgan fingerprint density at radius 3 is 2.42 bits per heavy atom. The molecule has 2 aromatic rings. The van der Waals surface area contributed by atoms with Gasteiger partial charge in [-0.2, -0.15) is 0 Å². The molecule has 98 valence electrons. The number of rotatable bonds is 3. The molecule has 0 amide bonds. The van der Waals surface area contributed by atoms with Crippen molar-refractivity contribution in [1.29, 1.82) is 0 Å². The Morgan fingerprint density at radius 2 is 1.84 bits per heavy atom. The van der Waals surface area contributed by atoms with Crippen LogP contribution in [0.15, 0.2) is 40.9 Å². The lowest BCUT2D eigenvalue weighted by Crippen LogP contribution is -2.06. The molecule has 19 heavy (non-hydrogen) atoms. The molecule has 0 radical (unpaired) electrons. The average molecular weight is 324 g/mol. The molecule has 0 aliphatic carbocycles. The maximum atomic E-state index is 12.8. The lowest BCUT2D eigenvalue weighted by molar-refractivity contribution is 0.103. The third-order valence-corrected chi connectivity index (χ3v) is 3.53. The maximum absolute atomic E-state index is 12.8. The Labute approximate surface area is 118 Å². The van der Waals surface area contributed by atoms with Crippen molar-refractivity contribution in [2.24, 2.45) is 0 Å². The van der Waals surface area contributed by atoms with Gasteiger partial charge < -0.3 is 10.5 Å². The normalized spacial score (nSPS) is 10.3. The third kappa shape index (κ3) is 2.61. The van der Waals surface area contributed by atoms with E-state index in [1.54, 1.807) is 12.1 Å². The highest BCUT2D eigenvalue weighted by atomic mass is 79.9. The fourth-order valence-corrected chi connectivity index (χ4v) is 2.19. The van der Waals surface area contributed by atoms with Gasteiger partial charge in [-0.15, -0.1) is 0 Å². The van der Waals surface area contributed by atoms with Crippen molar-refractivity contribution < 1.29 is 13.9 Å². The number of anilines is 1. The van der Waals surface area contributed by atoms with Crippen LogP contribution in [0.3, 0.4) is 0 Å². The van der Waals surface area contributed by atoms with E-state index in [9.17, 15) is 9.18 Å². The SMILES string of the molecule is COc1ccc(C(=O)c2ccc(F)cc2)c(N)c1Br. The lowest BCUT2D eigenvalue weighted by atomic mass is 10.0. The van der Waals surface area contributed by atoms with Gasteiger partial charge in [0.1, 0.15) is 11.6 Å². The zero-order valence-electron chi connectivity index (χ0n) is 10.1. The summed E-state index contributed by atoms with van der Waals surface area (Å²) in [6, 6.07) is 8.57. The summed E-state index contributed by atoms with van der Waals surface area (Å²) in [6.07, 6.45) is 0. The first-order valence-electron chi connectivity index (χ1n) is 5.47. The van der Waals surface area contributed by atoms with Crippen LogP contribution in [0, 0.1) is 5.82 Å². The van der Waals surface area contributed by atoms with Crippen LogP contribution in [0.1, 0.15) is 15.9 Å². The molecular weight excluding hydrogens is 313 g/mol. The number of hydrogen-bond donors (Lipinski definition) is 1. The number of ketones is 1. The molecule has 5 heteroatoms. The minimum absolute atomic E-state index is 0.263. The topological polar surface area (TPSA) is 52.3 Å². The molecule has 0 aliphatic heterocycles. The van der Waals surface area contributed by atoms with Crippen LogP contribution in [0.5, 0.6) is 5.75 Å². The first kappa shape index (κ1) is 13.5. The van der Waals surface area contributed by atoms with E-state index in [0.717, 1.165) is 0 Å². The second-order valence-corrected chi connectivity index (χ2v) is 4.67. The van der Waals surface area contributed by atoms with Crippen molar-refractivity contribution in [2.45, 2.75) is 0 Å². The number of ether oxygens (including phenoxy) is 1. The molecule has 0 bridgehead atoms. The van der Waals surface area contributed by atoms with Gasteiger partial charge in [-0.1, -0.05) is 0 Å². The fraction of sp³-hybridized carbons (Fsp3) is 0.0714. The first-order chi connectivity index (χ1) is 9.04. The van der Waals surface area contributed by atoms with E-state index in [1.165, 1.54) is 31.4 Å². The lowest BCUT2D eigenvalue weighted by Gasteiger charge is -2.10. The Bertz CT molecular complexity index is 626. The number of carbonyl (C=O) groups is 1. The Kier molecular flexibility index (Phi) is 3.85. The zero-order valence-corrected chi connectivity index (χ0v) is 11.7. The van der Waals surface area contributed by atoms with Crippen LogP contribution in [0.4, 0.5) is 10.1 Å². The van der Waals surface area contributed by atoms with Crippen molar-refractivity contribution >= 4 is 27.4 Å². The van der Waals surface area contributed by atoms with Gasteiger partial charge in [0, 0.05) is 11.1 Å². The molecule has 2 N–H and O–H groups in total. The van der Waals surface area contributed by atoms with E-state index in [-0.39, 0.29) is 11.6 Å². The fourth-order valence-electron chi connectivity index (χ4n) is 1.69. The van der Waals surface area contributed by atoms with Crippen molar-refractivity contribution in [2.75, 3.05) is 12.8 Å². The van der Waals surface area contributed by atoms with Gasteiger partial charge >= 0.3 is 0 Å². The molecule has 0 saturated carbocycles. The van der Waals surface area contributed by atoms with Crippen molar-refractivity contribution in [3.8, 4) is 5.75 Å². The summed E-state index contributed by atoms with van der Waals surface area (Å²) >= 11 is 3.28. The molecule has 0 atom stereocenters. The van der Waals surface area contributed by atoms with E-state index in [4.69, 9.17) is 10.5 Å². The van der Waals surface area contributed by atoms with Crippen LogP contribution in [0.25, 0.3) is 0 Å². The van der Waals surface area contributed by atoms with E-state index >= 15 is 0 Å². The largest absolute Gasteiger partial charge is 0.495 e. The van der Waals surface area contributed by atoms with Gasteiger partial charge in [0.05, 0.1) is 17.3 Å². The van der Waals surface area contributed by atoms with Gasteiger partial charge in [-0.25, -0.2) is 4.39 Å². The second kappa shape index (κ2) is 5.40. The molecular formula is C14H11BrFNO2. The van der Waals surface area contributed by atoms with Crippen molar-refractivity contribution in [1.82, 2.24) is 0 Å². The third-order valence-electron chi connectivity index (χ3n) is 2.72. The molecule has 0 aliphatic rings. The summed E-state index contributed by atoms with van der Waals surface area (Å²) in [4.78, 5) is 12.3. The van der Waals surface area contributed by atoms with E-state index in [0.29, 0.717) is 27.0 Å². The molecule has 0 aromatic heterocycles. The number of nitrogens with two attached hydrogens (primary N) is 1. The van der Waals surface area contributed by atoms with Crippen LogP contribution >= 0.6 is 15.9 Å². The van der Waals surface area contributed by atoms with E-state index < -0.39 is 0 Å². The Morgan fingerprint density at radius 1 is 1.21 bits per heavy atom. The Balaban J connectivity index is 2.45. The standard InChI is InChI=1S/C14H11BrFNO2/c1-19-11-7-6-10(13(17)12(11)15)14(18)8-2-4-9(16)5-3-8/h2-7H,17H2,1H3. The number of halogens is 2. The van der Waals surface area contributed by atoms with Crippen molar-refractivity contribution in [3.63, 3.8) is 0 Å². The predicted molar refractivity (Wildman–Crippen MR) is 74.9 cm³/mol. The average Bonchev–Trinajstić information content (AvgIpc) is 2.42. The highest BCUT2D eigenvalue weighted by Gasteiger charge is 2.16. The summed E-state index contributed by atoms with van der Waals surface area (Å²) in [7, 11) is 1.51. The molecule has 0 fully saturated rings. The molecule has 2 aromatic carbocycles. The molecule has 3 nitrogen and oxygen atoms in total. The highest BCUT2D eigenvalue weighted by Crippen LogP contribution is 2.34. The number of benzene rings is 2. The summed E-state index contributed by atoms with van der Waals surface area (Å²) in [5, 5.41) is 0. The molecule has 0 heterocycles. The van der Waals surface area contributed by atoms with E-state index in [2.05, 4.69) is 15.9 Å². The molecule has 2 rings (SSSR count).